The van der Waals surface area contributed by atoms with E-state index in [0.29, 0.717) is 0 Å². The summed E-state index contributed by atoms with van der Waals surface area (Å²) in [6.45, 7) is 0. The molecule has 0 aromatic heterocycles. The van der Waals surface area contributed by atoms with E-state index in [4.69, 9.17) is 4.74 Å². The minimum atomic E-state index is -4.11. The molecule has 2 N–H and O–H groups in total. The number of nitrogens with one attached hydrogen (secondary N) is 2. The maximum atomic E-state index is 13.1. The molecule has 0 heterocycles. The molecule has 31 heavy (non-hydrogen) atoms. The first kappa shape index (κ1) is 21.7. The summed E-state index contributed by atoms with van der Waals surface area (Å²) in [5.74, 6) is -1.14. The van der Waals surface area contributed by atoms with E-state index < -0.39 is 32.4 Å². The third-order valence-corrected chi connectivity index (χ3v) is 5.57. The van der Waals surface area contributed by atoms with Crippen LogP contribution in [-0.2, 0) is 10.0 Å². The van der Waals surface area contributed by atoms with Gasteiger partial charge < -0.3 is 10.1 Å². The van der Waals surface area contributed by atoms with Gasteiger partial charge in [-0.25, -0.2) is 12.8 Å². The minimum Gasteiger partial charge on any atom is -0.496 e. The summed E-state index contributed by atoms with van der Waals surface area (Å²) in [7, 11) is -2.76. The van der Waals surface area contributed by atoms with Crippen LogP contribution >= 0.6 is 0 Å². The molecule has 0 aliphatic carbocycles. The number of carbonyl (C=O) groups is 1. The molecule has 0 aliphatic rings. The van der Waals surface area contributed by atoms with Crippen molar-refractivity contribution in [1.82, 2.24) is 0 Å². The third kappa shape index (κ3) is 4.95. The Labute approximate surface area is 176 Å². The van der Waals surface area contributed by atoms with Gasteiger partial charge in [0, 0.05) is 0 Å². The standard InChI is InChI=1S/C20H16FN3O6S/c1-30-14-8-11-18(19(12-14)24(26)27)22-20(25)16-4-2-3-5-17(16)23-31(28,29)15-9-6-13(21)7-10-15/h2-12,23H,1H3,(H,22,25). The number of amides is 1. The highest BCUT2D eigenvalue weighted by Gasteiger charge is 2.22. The number of hydrogen-bond acceptors (Lipinski definition) is 6. The van der Waals surface area contributed by atoms with Gasteiger partial charge in [0.15, 0.2) is 0 Å². The van der Waals surface area contributed by atoms with Crippen molar-refractivity contribution in [3.63, 3.8) is 0 Å². The SMILES string of the molecule is COc1ccc(NC(=O)c2ccccc2NS(=O)(=O)c2ccc(F)cc2)c([N+](=O)[O-])c1. The summed E-state index contributed by atoms with van der Waals surface area (Å²) in [5, 5.41) is 13.7. The Hall–Kier alpha value is -3.99. The molecule has 0 saturated heterocycles. The van der Waals surface area contributed by atoms with E-state index in [1.807, 2.05) is 0 Å². The molecule has 11 heteroatoms. The van der Waals surface area contributed by atoms with E-state index in [-0.39, 0.29) is 27.6 Å². The average Bonchev–Trinajstić information content (AvgIpc) is 2.74. The molecule has 9 nitrogen and oxygen atoms in total. The fraction of sp³-hybridized carbons (Fsp3) is 0.0500. The van der Waals surface area contributed by atoms with E-state index in [1.165, 1.54) is 43.5 Å². The maximum absolute atomic E-state index is 13.1. The van der Waals surface area contributed by atoms with Crippen LogP contribution < -0.4 is 14.8 Å². The van der Waals surface area contributed by atoms with Crippen molar-refractivity contribution in [3.8, 4) is 5.75 Å². The molecule has 3 aromatic rings. The van der Waals surface area contributed by atoms with Gasteiger partial charge in [0.2, 0.25) is 0 Å². The topological polar surface area (TPSA) is 128 Å². The van der Waals surface area contributed by atoms with Crippen LogP contribution in [0.5, 0.6) is 5.75 Å². The van der Waals surface area contributed by atoms with Crippen LogP contribution in [0.15, 0.2) is 71.6 Å². The molecule has 0 atom stereocenters. The van der Waals surface area contributed by atoms with Crippen molar-refractivity contribution in [2.45, 2.75) is 4.90 Å². The van der Waals surface area contributed by atoms with Crippen molar-refractivity contribution in [2.24, 2.45) is 0 Å². The van der Waals surface area contributed by atoms with Crippen LogP contribution in [0.25, 0.3) is 0 Å². The molecule has 0 unspecified atom stereocenters. The molecular weight excluding hydrogens is 429 g/mol. The summed E-state index contributed by atoms with van der Waals surface area (Å²) in [5.41, 5.74) is -0.608. The number of ether oxygens (including phenoxy) is 1. The van der Waals surface area contributed by atoms with E-state index >= 15 is 0 Å². The monoisotopic (exact) mass is 445 g/mol. The zero-order valence-electron chi connectivity index (χ0n) is 16.0. The second-order valence-electron chi connectivity index (χ2n) is 6.20. The van der Waals surface area contributed by atoms with E-state index in [9.17, 15) is 27.7 Å². The lowest BCUT2D eigenvalue weighted by molar-refractivity contribution is -0.384. The Morgan fingerprint density at radius 3 is 2.35 bits per heavy atom. The maximum Gasteiger partial charge on any atom is 0.296 e. The first-order chi connectivity index (χ1) is 14.7. The first-order valence-corrected chi connectivity index (χ1v) is 10.2. The highest BCUT2D eigenvalue weighted by Crippen LogP contribution is 2.30. The fourth-order valence-electron chi connectivity index (χ4n) is 2.67. The number of carbonyl (C=O) groups excluding carboxylic acids is 1. The van der Waals surface area contributed by atoms with Crippen LogP contribution in [0.3, 0.4) is 0 Å². The molecule has 0 bridgehead atoms. The zero-order valence-corrected chi connectivity index (χ0v) is 16.9. The summed E-state index contributed by atoms with van der Waals surface area (Å²) in [6, 6.07) is 13.8. The number of methoxy groups -OCH3 is 1. The van der Waals surface area contributed by atoms with Crippen LogP contribution in [-0.4, -0.2) is 26.4 Å². The van der Waals surface area contributed by atoms with Crippen LogP contribution in [0.2, 0.25) is 0 Å². The first-order valence-electron chi connectivity index (χ1n) is 8.72. The summed E-state index contributed by atoms with van der Waals surface area (Å²) in [6.07, 6.45) is 0. The van der Waals surface area contributed by atoms with Crippen LogP contribution in [0.1, 0.15) is 10.4 Å². The number of nitrogens with zero attached hydrogens (tertiary/aromatic N) is 1. The fourth-order valence-corrected chi connectivity index (χ4v) is 3.75. The smallest absolute Gasteiger partial charge is 0.296 e. The number of para-hydroxylation sites is 1. The summed E-state index contributed by atoms with van der Waals surface area (Å²) < 4.78 is 45.5. The quantitative estimate of drug-likeness (QED) is 0.421. The Bertz CT molecular complexity index is 1250. The lowest BCUT2D eigenvalue weighted by Crippen LogP contribution is -2.19. The van der Waals surface area contributed by atoms with E-state index in [0.717, 1.165) is 30.3 Å². The van der Waals surface area contributed by atoms with Gasteiger partial charge in [-0.1, -0.05) is 12.1 Å². The van der Waals surface area contributed by atoms with Crippen molar-refractivity contribution >= 4 is 33.0 Å². The molecular formula is C20H16FN3O6S. The van der Waals surface area contributed by atoms with Gasteiger partial charge in [-0.05, 0) is 48.5 Å². The second kappa shape index (κ2) is 8.79. The normalized spacial score (nSPS) is 10.9. The van der Waals surface area contributed by atoms with E-state index in [1.54, 1.807) is 0 Å². The van der Waals surface area contributed by atoms with Crippen molar-refractivity contribution < 1.29 is 27.3 Å². The number of sulfonamides is 1. The van der Waals surface area contributed by atoms with Gasteiger partial charge in [0.25, 0.3) is 21.6 Å². The number of rotatable bonds is 7. The average molecular weight is 445 g/mol. The number of hydrogen-bond donors (Lipinski definition) is 2. The largest absolute Gasteiger partial charge is 0.496 e. The summed E-state index contributed by atoms with van der Waals surface area (Å²) >= 11 is 0. The predicted octanol–water partition coefficient (Wildman–Crippen LogP) is 3.80. The third-order valence-electron chi connectivity index (χ3n) is 4.19. The van der Waals surface area contributed by atoms with Crippen molar-refractivity contribution in [1.29, 1.82) is 0 Å². The highest BCUT2D eigenvalue weighted by atomic mass is 32.2. The molecule has 1 amide bonds. The Morgan fingerprint density at radius 2 is 1.71 bits per heavy atom. The number of nitro groups is 1. The number of benzene rings is 3. The van der Waals surface area contributed by atoms with Gasteiger partial charge in [-0.3, -0.25) is 19.6 Å². The van der Waals surface area contributed by atoms with Gasteiger partial charge in [-0.15, -0.1) is 0 Å². The van der Waals surface area contributed by atoms with Gasteiger partial charge in [0.1, 0.15) is 17.3 Å². The molecule has 0 radical (unpaired) electrons. The lowest BCUT2D eigenvalue weighted by Gasteiger charge is -2.13. The zero-order chi connectivity index (χ0) is 22.6. The molecule has 0 spiro atoms. The Kier molecular flexibility index (Phi) is 6.16. The Balaban J connectivity index is 1.91. The molecule has 0 aliphatic heterocycles. The molecule has 0 fully saturated rings. The lowest BCUT2D eigenvalue weighted by atomic mass is 10.1. The van der Waals surface area contributed by atoms with Gasteiger partial charge in [-0.2, -0.15) is 0 Å². The summed E-state index contributed by atoms with van der Waals surface area (Å²) in [4.78, 5) is 23.2. The highest BCUT2D eigenvalue weighted by molar-refractivity contribution is 7.92. The molecule has 3 aromatic carbocycles. The number of anilines is 2. The predicted molar refractivity (Wildman–Crippen MR) is 111 cm³/mol. The van der Waals surface area contributed by atoms with E-state index in [2.05, 4.69) is 10.0 Å². The molecule has 160 valence electrons. The van der Waals surface area contributed by atoms with Crippen LogP contribution in [0.4, 0.5) is 21.5 Å². The van der Waals surface area contributed by atoms with Crippen LogP contribution in [0, 0.1) is 15.9 Å². The second-order valence-corrected chi connectivity index (χ2v) is 7.88. The molecule has 3 rings (SSSR count). The van der Waals surface area contributed by atoms with Crippen molar-refractivity contribution in [3.05, 3.63) is 88.2 Å². The minimum absolute atomic E-state index is 0.0551. The Morgan fingerprint density at radius 1 is 1.03 bits per heavy atom. The molecule has 0 saturated carbocycles. The number of halogens is 1. The van der Waals surface area contributed by atoms with Crippen molar-refractivity contribution in [2.75, 3.05) is 17.1 Å². The van der Waals surface area contributed by atoms with Gasteiger partial charge >= 0.3 is 0 Å². The number of nitro benzene ring substituents is 1. The van der Waals surface area contributed by atoms with Gasteiger partial charge in [0.05, 0.1) is 34.2 Å².